The summed E-state index contributed by atoms with van der Waals surface area (Å²) in [5, 5.41) is 6.42. The lowest BCUT2D eigenvalue weighted by Crippen LogP contribution is -1.91. The summed E-state index contributed by atoms with van der Waals surface area (Å²) in [5.74, 6) is 0.823. The summed E-state index contributed by atoms with van der Waals surface area (Å²) in [6.07, 6.45) is 0.759. The maximum atomic E-state index is 5.94. The first-order chi connectivity index (χ1) is 12.1. The molecular formula is C18H13BrClN3OS. The fourth-order valence-corrected chi connectivity index (χ4v) is 4.28. The van der Waals surface area contributed by atoms with Crippen LogP contribution in [0.4, 0.5) is 0 Å². The molecule has 25 heavy (non-hydrogen) atoms. The molecule has 0 N–H and O–H groups in total. The molecule has 0 amide bonds. The first-order valence-corrected chi connectivity index (χ1v) is 9.55. The number of benzene rings is 2. The summed E-state index contributed by atoms with van der Waals surface area (Å²) in [6.45, 7) is 0. The van der Waals surface area contributed by atoms with Crippen LogP contribution in [0.15, 0.2) is 53.1 Å². The number of rotatable bonds is 4. The lowest BCUT2D eigenvalue weighted by Gasteiger charge is -2.01. The van der Waals surface area contributed by atoms with Gasteiger partial charge < -0.3 is 4.74 Å². The molecule has 2 aromatic carbocycles. The van der Waals surface area contributed by atoms with Gasteiger partial charge in [0.05, 0.1) is 7.11 Å². The number of hydrogen-bond acceptors (Lipinski definition) is 4. The van der Waals surface area contributed by atoms with Crippen LogP contribution in [0.1, 0.15) is 10.6 Å². The van der Waals surface area contributed by atoms with E-state index in [1.165, 1.54) is 5.56 Å². The molecule has 0 spiro atoms. The van der Waals surface area contributed by atoms with Crippen molar-refractivity contribution in [2.24, 2.45) is 0 Å². The van der Waals surface area contributed by atoms with E-state index in [0.717, 1.165) is 43.0 Å². The van der Waals surface area contributed by atoms with Gasteiger partial charge in [-0.3, -0.25) is 0 Å². The highest BCUT2D eigenvalue weighted by Gasteiger charge is 2.16. The van der Waals surface area contributed by atoms with Crippen molar-refractivity contribution in [3.05, 3.63) is 68.7 Å². The molecule has 0 bridgehead atoms. The number of fused-ring (bicyclic) bond motifs is 1. The van der Waals surface area contributed by atoms with E-state index in [2.05, 4.69) is 21.0 Å². The van der Waals surface area contributed by atoms with E-state index in [1.807, 2.05) is 53.0 Å². The third-order valence-corrected chi connectivity index (χ3v) is 5.69. The van der Waals surface area contributed by atoms with Crippen LogP contribution in [0.25, 0.3) is 16.2 Å². The van der Waals surface area contributed by atoms with Crippen LogP contribution in [-0.2, 0) is 6.42 Å². The van der Waals surface area contributed by atoms with Crippen molar-refractivity contribution in [2.45, 2.75) is 6.42 Å². The number of aromatic nitrogens is 3. The SMILES string of the molecule is COc1ccc(-c2nc3sc(Cc4ccc(Cl)cc4)nn3c2Br)cc1. The molecule has 0 aliphatic rings. The largest absolute Gasteiger partial charge is 0.497 e. The van der Waals surface area contributed by atoms with Gasteiger partial charge in [0, 0.05) is 17.0 Å². The smallest absolute Gasteiger partial charge is 0.213 e. The maximum Gasteiger partial charge on any atom is 0.213 e. The Bertz CT molecular complexity index is 1030. The van der Waals surface area contributed by atoms with Gasteiger partial charge in [-0.2, -0.15) is 9.61 Å². The van der Waals surface area contributed by atoms with Crippen LogP contribution >= 0.6 is 38.9 Å². The maximum absolute atomic E-state index is 5.94. The van der Waals surface area contributed by atoms with Crippen LogP contribution in [0, 0.1) is 0 Å². The Labute approximate surface area is 162 Å². The molecule has 0 atom stereocenters. The third kappa shape index (κ3) is 3.29. The molecule has 0 saturated heterocycles. The van der Waals surface area contributed by atoms with Crippen molar-refractivity contribution >= 4 is 43.8 Å². The topological polar surface area (TPSA) is 39.4 Å². The zero-order valence-electron chi connectivity index (χ0n) is 13.2. The van der Waals surface area contributed by atoms with Crippen LogP contribution < -0.4 is 4.74 Å². The summed E-state index contributed by atoms with van der Waals surface area (Å²) in [5.41, 5.74) is 3.07. The van der Waals surface area contributed by atoms with E-state index < -0.39 is 0 Å². The normalized spacial score (nSPS) is 11.2. The Kier molecular flexibility index (Phi) is 4.50. The first-order valence-electron chi connectivity index (χ1n) is 7.57. The number of halogens is 2. The Morgan fingerprint density at radius 1 is 1.12 bits per heavy atom. The Hall–Kier alpha value is -1.89. The van der Waals surface area contributed by atoms with Crippen LogP contribution in [0.2, 0.25) is 5.02 Å². The summed E-state index contributed by atoms with van der Waals surface area (Å²) < 4.78 is 7.90. The molecule has 7 heteroatoms. The molecule has 2 aromatic heterocycles. The van der Waals surface area contributed by atoms with Gasteiger partial charge in [-0.1, -0.05) is 35.1 Å². The second-order valence-electron chi connectivity index (χ2n) is 5.47. The van der Waals surface area contributed by atoms with Gasteiger partial charge in [0.1, 0.15) is 21.1 Å². The Morgan fingerprint density at radius 3 is 2.48 bits per heavy atom. The molecule has 0 saturated carbocycles. The van der Waals surface area contributed by atoms with Crippen LogP contribution in [0.3, 0.4) is 0 Å². The Balaban J connectivity index is 1.65. The Morgan fingerprint density at radius 2 is 1.84 bits per heavy atom. The second kappa shape index (κ2) is 6.78. The molecule has 4 rings (SSSR count). The summed E-state index contributed by atoms with van der Waals surface area (Å²) in [7, 11) is 1.66. The van der Waals surface area contributed by atoms with Gasteiger partial charge in [-0.25, -0.2) is 4.98 Å². The minimum absolute atomic E-state index is 0.740. The second-order valence-corrected chi connectivity index (χ2v) is 7.70. The average molecular weight is 435 g/mol. The van der Waals surface area contributed by atoms with Gasteiger partial charge in [0.25, 0.3) is 0 Å². The summed E-state index contributed by atoms with van der Waals surface area (Å²) >= 11 is 11.2. The van der Waals surface area contributed by atoms with Gasteiger partial charge >= 0.3 is 0 Å². The third-order valence-electron chi connectivity index (χ3n) is 3.82. The van der Waals surface area contributed by atoms with E-state index in [9.17, 15) is 0 Å². The molecule has 4 nitrogen and oxygen atoms in total. The van der Waals surface area contributed by atoms with Crippen molar-refractivity contribution in [1.82, 2.24) is 14.6 Å². The molecule has 0 radical (unpaired) electrons. The van der Waals surface area contributed by atoms with E-state index in [1.54, 1.807) is 18.4 Å². The average Bonchev–Trinajstić information content (AvgIpc) is 3.16. The minimum Gasteiger partial charge on any atom is -0.497 e. The predicted octanol–water partition coefficient (Wildman–Crippen LogP) is 5.47. The lowest BCUT2D eigenvalue weighted by molar-refractivity contribution is 0.415. The van der Waals surface area contributed by atoms with Gasteiger partial charge in [-0.05, 0) is 57.9 Å². The van der Waals surface area contributed by atoms with Gasteiger partial charge in [0.15, 0.2) is 0 Å². The fraction of sp³-hybridized carbons (Fsp3) is 0.111. The van der Waals surface area contributed by atoms with Crippen molar-refractivity contribution in [1.29, 1.82) is 0 Å². The zero-order valence-corrected chi connectivity index (χ0v) is 16.4. The van der Waals surface area contributed by atoms with E-state index in [0.29, 0.717) is 0 Å². The van der Waals surface area contributed by atoms with Crippen LogP contribution in [0.5, 0.6) is 5.75 Å². The number of hydrogen-bond donors (Lipinski definition) is 0. The van der Waals surface area contributed by atoms with Crippen LogP contribution in [-0.4, -0.2) is 21.7 Å². The van der Waals surface area contributed by atoms with Crippen molar-refractivity contribution in [2.75, 3.05) is 7.11 Å². The number of ether oxygens (including phenoxy) is 1. The van der Waals surface area contributed by atoms with E-state index >= 15 is 0 Å². The first kappa shape index (κ1) is 16.6. The number of nitrogens with zero attached hydrogens (tertiary/aromatic N) is 3. The minimum atomic E-state index is 0.740. The summed E-state index contributed by atoms with van der Waals surface area (Å²) in [6, 6.07) is 15.7. The quantitative estimate of drug-likeness (QED) is 0.427. The molecule has 2 heterocycles. The molecule has 0 unspecified atom stereocenters. The van der Waals surface area contributed by atoms with Crippen molar-refractivity contribution in [3.63, 3.8) is 0 Å². The highest BCUT2D eigenvalue weighted by Crippen LogP contribution is 2.32. The molecule has 126 valence electrons. The number of methoxy groups -OCH3 is 1. The standard InChI is InChI=1S/C18H13BrClN3OS/c1-24-14-8-4-12(5-9-14)16-17(19)23-18(21-16)25-15(22-23)10-11-2-6-13(20)7-3-11/h2-9H,10H2,1H3. The molecule has 0 aliphatic carbocycles. The van der Waals surface area contributed by atoms with E-state index in [-0.39, 0.29) is 0 Å². The van der Waals surface area contributed by atoms with Gasteiger partial charge in [0.2, 0.25) is 4.96 Å². The van der Waals surface area contributed by atoms with Gasteiger partial charge in [-0.15, -0.1) is 0 Å². The highest BCUT2D eigenvalue weighted by molar-refractivity contribution is 9.10. The van der Waals surface area contributed by atoms with Crippen molar-refractivity contribution in [3.8, 4) is 17.0 Å². The molecular weight excluding hydrogens is 422 g/mol. The summed E-state index contributed by atoms with van der Waals surface area (Å²) in [4.78, 5) is 5.59. The van der Waals surface area contributed by atoms with Crippen molar-refractivity contribution < 1.29 is 4.74 Å². The molecule has 0 aliphatic heterocycles. The fourth-order valence-electron chi connectivity index (χ4n) is 2.54. The molecule has 4 aromatic rings. The zero-order chi connectivity index (χ0) is 17.4. The van der Waals surface area contributed by atoms with E-state index in [4.69, 9.17) is 21.3 Å². The monoisotopic (exact) mass is 433 g/mol. The lowest BCUT2D eigenvalue weighted by atomic mass is 10.2. The molecule has 0 fully saturated rings. The predicted molar refractivity (Wildman–Crippen MR) is 105 cm³/mol. The number of imidazole rings is 1. The highest BCUT2D eigenvalue weighted by atomic mass is 79.9.